The molecule has 1 unspecified atom stereocenters. The van der Waals surface area contributed by atoms with Crippen LogP contribution < -0.4 is 10.8 Å². The van der Waals surface area contributed by atoms with Crippen molar-refractivity contribution in [2.45, 2.75) is 52.6 Å². The largest absolute Gasteiger partial charge is 0.442 e. The molecule has 2 N–H and O–H groups in total. The Balaban J connectivity index is 3.50. The van der Waals surface area contributed by atoms with Crippen LogP contribution in [-0.2, 0) is 19.1 Å². The number of ether oxygens (including phenoxy) is 2. The van der Waals surface area contributed by atoms with Crippen LogP contribution in [0.25, 0.3) is 0 Å². The minimum atomic E-state index is -0.604. The van der Waals surface area contributed by atoms with Gasteiger partial charge in [-0.25, -0.2) is 4.79 Å². The summed E-state index contributed by atoms with van der Waals surface area (Å²) < 4.78 is 9.95. The van der Waals surface area contributed by atoms with Crippen LogP contribution in [0.1, 0.15) is 47.0 Å². The second kappa shape index (κ2) is 11.3. The molecule has 0 heterocycles. The average molecular weight is 318 g/mol. The third-order valence-electron chi connectivity index (χ3n) is 2.73. The normalized spacial score (nSPS) is 12.6. The number of hydrogen-bond acceptors (Lipinski definition) is 5. The number of carbonyl (C=O) groups is 2. The Morgan fingerprint density at radius 2 is 1.82 bits per heavy atom. The van der Waals surface area contributed by atoms with E-state index in [0.717, 1.165) is 12.8 Å². The molecule has 0 aliphatic carbocycles. The highest BCUT2D eigenvalue weighted by atomic mass is 16.7. The van der Waals surface area contributed by atoms with Crippen molar-refractivity contribution in [3.63, 3.8) is 0 Å². The molecule has 2 amide bonds. The van der Waals surface area contributed by atoms with Crippen LogP contribution >= 0.6 is 0 Å². The van der Waals surface area contributed by atoms with Gasteiger partial charge in [0, 0.05) is 26.2 Å². The molecular formula is C15H30N2O5. The van der Waals surface area contributed by atoms with E-state index in [9.17, 15) is 9.59 Å². The Morgan fingerprint density at radius 1 is 1.14 bits per heavy atom. The summed E-state index contributed by atoms with van der Waals surface area (Å²) in [4.78, 5) is 28.0. The summed E-state index contributed by atoms with van der Waals surface area (Å²) in [5.41, 5.74) is 1.67. The van der Waals surface area contributed by atoms with Crippen molar-refractivity contribution >= 4 is 12.0 Å². The fourth-order valence-corrected chi connectivity index (χ4v) is 1.52. The molecule has 0 aliphatic rings. The van der Waals surface area contributed by atoms with E-state index in [-0.39, 0.29) is 11.8 Å². The number of rotatable bonds is 10. The lowest BCUT2D eigenvalue weighted by Crippen LogP contribution is -2.33. The van der Waals surface area contributed by atoms with Gasteiger partial charge in [-0.15, -0.1) is 0 Å². The molecule has 0 fully saturated rings. The van der Waals surface area contributed by atoms with Crippen molar-refractivity contribution in [3.8, 4) is 0 Å². The van der Waals surface area contributed by atoms with Gasteiger partial charge in [-0.05, 0) is 40.0 Å². The maximum Gasteiger partial charge on any atom is 0.431 e. The number of unbranched alkanes of at least 4 members (excludes halogenated alkanes) is 1. The van der Waals surface area contributed by atoms with Gasteiger partial charge in [0.25, 0.3) is 0 Å². The highest BCUT2D eigenvalue weighted by molar-refractivity contribution is 5.78. The topological polar surface area (TPSA) is 85.9 Å². The Hall–Kier alpha value is -1.34. The van der Waals surface area contributed by atoms with Gasteiger partial charge in [0.15, 0.2) is 0 Å². The molecule has 7 heteroatoms. The van der Waals surface area contributed by atoms with E-state index in [1.807, 2.05) is 6.92 Å². The van der Waals surface area contributed by atoms with Gasteiger partial charge in [0.1, 0.15) is 5.60 Å². The van der Waals surface area contributed by atoms with Crippen LogP contribution in [-0.4, -0.2) is 44.5 Å². The van der Waals surface area contributed by atoms with Crippen molar-refractivity contribution in [1.29, 1.82) is 0 Å². The zero-order valence-corrected chi connectivity index (χ0v) is 14.4. The Bertz CT molecular complexity index is 328. The van der Waals surface area contributed by atoms with E-state index < -0.39 is 11.7 Å². The zero-order valence-electron chi connectivity index (χ0n) is 14.4. The quantitative estimate of drug-likeness (QED) is 0.475. The van der Waals surface area contributed by atoms with Crippen LogP contribution in [0.4, 0.5) is 4.79 Å². The first-order valence-electron chi connectivity index (χ1n) is 7.63. The van der Waals surface area contributed by atoms with Crippen LogP contribution in [0.15, 0.2) is 0 Å². The lowest BCUT2D eigenvalue weighted by Gasteiger charge is -2.19. The third-order valence-corrected chi connectivity index (χ3v) is 2.73. The van der Waals surface area contributed by atoms with Crippen LogP contribution in [0.3, 0.4) is 0 Å². The maximum atomic E-state index is 11.7. The molecule has 0 aromatic carbocycles. The van der Waals surface area contributed by atoms with E-state index >= 15 is 0 Å². The fourth-order valence-electron chi connectivity index (χ4n) is 1.52. The zero-order chi connectivity index (χ0) is 17.0. The predicted molar refractivity (Wildman–Crippen MR) is 83.2 cm³/mol. The lowest BCUT2D eigenvalue weighted by molar-refractivity contribution is -0.125. The summed E-state index contributed by atoms with van der Waals surface area (Å²) in [7, 11) is 1.62. The van der Waals surface area contributed by atoms with E-state index in [2.05, 4.69) is 10.8 Å². The van der Waals surface area contributed by atoms with Gasteiger partial charge in [-0.3, -0.25) is 9.63 Å². The summed E-state index contributed by atoms with van der Waals surface area (Å²) in [6.07, 6.45) is 1.61. The second-order valence-corrected chi connectivity index (χ2v) is 6.13. The maximum absolute atomic E-state index is 11.7. The molecule has 0 rings (SSSR count). The predicted octanol–water partition coefficient (Wildman–Crippen LogP) is 2.01. The number of amides is 2. The fraction of sp³-hybridized carbons (Fsp3) is 0.867. The monoisotopic (exact) mass is 318 g/mol. The molecule has 0 saturated carbocycles. The Labute approximate surface area is 133 Å². The molecule has 0 bridgehead atoms. The standard InChI is InChI=1S/C15H30N2O5/c1-12(8-11-20-5)13(18)16-9-6-7-10-21-17-14(19)22-15(2,3)4/h12H,6-11H2,1-5H3,(H,16,18)(H,17,19). The smallest absolute Gasteiger partial charge is 0.431 e. The van der Waals surface area contributed by atoms with E-state index in [4.69, 9.17) is 14.3 Å². The van der Waals surface area contributed by atoms with Gasteiger partial charge in [-0.2, -0.15) is 5.48 Å². The molecule has 7 nitrogen and oxygen atoms in total. The van der Waals surface area contributed by atoms with E-state index in [0.29, 0.717) is 26.2 Å². The van der Waals surface area contributed by atoms with E-state index in [1.54, 1.807) is 27.9 Å². The van der Waals surface area contributed by atoms with Crippen molar-refractivity contribution < 1.29 is 23.9 Å². The summed E-state index contributed by atoms with van der Waals surface area (Å²) in [5.74, 6) is -0.0186. The van der Waals surface area contributed by atoms with Gasteiger partial charge in [-0.1, -0.05) is 6.92 Å². The van der Waals surface area contributed by atoms with Gasteiger partial charge >= 0.3 is 6.09 Å². The summed E-state index contributed by atoms with van der Waals surface area (Å²) in [6, 6.07) is 0. The second-order valence-electron chi connectivity index (χ2n) is 6.13. The molecule has 0 radical (unpaired) electrons. The van der Waals surface area contributed by atoms with E-state index in [1.165, 1.54) is 0 Å². The lowest BCUT2D eigenvalue weighted by atomic mass is 10.1. The molecule has 0 aromatic heterocycles. The minimum Gasteiger partial charge on any atom is -0.442 e. The van der Waals surface area contributed by atoms with Crippen LogP contribution in [0.5, 0.6) is 0 Å². The SMILES string of the molecule is COCCC(C)C(=O)NCCCCONC(=O)OC(C)(C)C. The molecule has 0 aliphatic heterocycles. The van der Waals surface area contributed by atoms with Gasteiger partial charge < -0.3 is 14.8 Å². The van der Waals surface area contributed by atoms with Crippen LogP contribution in [0, 0.1) is 5.92 Å². The summed E-state index contributed by atoms with van der Waals surface area (Å²) in [5, 5.41) is 2.86. The first kappa shape index (κ1) is 20.7. The van der Waals surface area contributed by atoms with Crippen molar-refractivity contribution in [2.24, 2.45) is 5.92 Å². The number of carbonyl (C=O) groups excluding carboxylic acids is 2. The molecule has 130 valence electrons. The highest BCUT2D eigenvalue weighted by Gasteiger charge is 2.15. The highest BCUT2D eigenvalue weighted by Crippen LogP contribution is 2.06. The average Bonchev–Trinajstić information content (AvgIpc) is 2.41. The summed E-state index contributed by atoms with van der Waals surface area (Å²) in [6.45, 7) is 8.76. The first-order chi connectivity index (χ1) is 10.3. The number of nitrogens with one attached hydrogen (secondary N) is 2. The molecule has 0 aromatic rings. The van der Waals surface area contributed by atoms with Gasteiger partial charge in [0.05, 0.1) is 6.61 Å². The minimum absolute atomic E-state index is 0.0323. The third kappa shape index (κ3) is 12.4. The van der Waals surface area contributed by atoms with Crippen molar-refractivity contribution in [3.05, 3.63) is 0 Å². The summed E-state index contributed by atoms with van der Waals surface area (Å²) >= 11 is 0. The molecule has 1 atom stereocenters. The number of hydroxylamine groups is 1. The molecule has 0 spiro atoms. The van der Waals surface area contributed by atoms with Crippen molar-refractivity contribution in [1.82, 2.24) is 10.8 Å². The molecular weight excluding hydrogens is 288 g/mol. The first-order valence-corrected chi connectivity index (χ1v) is 7.63. The number of hydrogen-bond donors (Lipinski definition) is 2. The van der Waals surface area contributed by atoms with Gasteiger partial charge in [0.2, 0.25) is 5.91 Å². The molecule has 22 heavy (non-hydrogen) atoms. The number of methoxy groups -OCH3 is 1. The van der Waals surface area contributed by atoms with Crippen molar-refractivity contribution in [2.75, 3.05) is 26.9 Å². The van der Waals surface area contributed by atoms with Crippen LogP contribution in [0.2, 0.25) is 0 Å². The Morgan fingerprint density at radius 3 is 2.41 bits per heavy atom. The Kier molecular flexibility index (Phi) is 10.6. The molecule has 0 saturated heterocycles.